The quantitative estimate of drug-likeness (QED) is 0.698. The highest BCUT2D eigenvalue weighted by Crippen LogP contribution is 2.32. The second-order valence-electron chi connectivity index (χ2n) is 8.05. The van der Waals surface area contributed by atoms with Crippen molar-refractivity contribution in [3.63, 3.8) is 0 Å². The molecule has 4 nitrogen and oxygen atoms in total. The summed E-state index contributed by atoms with van der Waals surface area (Å²) >= 11 is 0. The summed E-state index contributed by atoms with van der Waals surface area (Å²) in [6.07, 6.45) is 1.83. The van der Waals surface area contributed by atoms with Crippen LogP contribution in [0.4, 0.5) is 0 Å². The lowest BCUT2D eigenvalue weighted by Gasteiger charge is -2.29. The lowest BCUT2D eigenvalue weighted by atomic mass is 9.88. The molecule has 2 heterocycles. The first-order valence-electron chi connectivity index (χ1n) is 9.25. The van der Waals surface area contributed by atoms with Crippen molar-refractivity contribution in [1.82, 2.24) is 14.9 Å². The van der Waals surface area contributed by atoms with Crippen LogP contribution < -0.4 is 0 Å². The number of aliphatic hydroxyl groups is 1. The molecule has 0 bridgehead atoms. The SMILES string of the molecule is CC(CO)N(Cc1ccccc1)Cc1c(C(C)(C)C)[nH]c2ncccc12. The summed E-state index contributed by atoms with van der Waals surface area (Å²) in [6, 6.07) is 14.6. The van der Waals surface area contributed by atoms with Crippen LogP contribution in [-0.2, 0) is 18.5 Å². The number of hydrogen-bond donors (Lipinski definition) is 2. The van der Waals surface area contributed by atoms with Crippen molar-refractivity contribution in [2.45, 2.75) is 52.2 Å². The number of pyridine rings is 1. The highest BCUT2D eigenvalue weighted by molar-refractivity contribution is 5.81. The van der Waals surface area contributed by atoms with E-state index in [4.69, 9.17) is 0 Å². The smallest absolute Gasteiger partial charge is 0.137 e. The van der Waals surface area contributed by atoms with E-state index in [1.165, 1.54) is 22.2 Å². The molecule has 0 amide bonds. The highest BCUT2D eigenvalue weighted by Gasteiger charge is 2.25. The molecule has 0 aliphatic rings. The molecule has 1 unspecified atom stereocenters. The number of fused-ring (bicyclic) bond motifs is 1. The molecule has 0 aliphatic carbocycles. The largest absolute Gasteiger partial charge is 0.395 e. The van der Waals surface area contributed by atoms with Gasteiger partial charge in [0.25, 0.3) is 0 Å². The molecule has 3 rings (SSSR count). The van der Waals surface area contributed by atoms with Gasteiger partial charge in [0, 0.05) is 41.8 Å². The van der Waals surface area contributed by atoms with E-state index in [1.54, 1.807) is 0 Å². The summed E-state index contributed by atoms with van der Waals surface area (Å²) in [5.41, 5.74) is 4.68. The van der Waals surface area contributed by atoms with Crippen LogP contribution in [-0.4, -0.2) is 32.6 Å². The number of aromatic amines is 1. The van der Waals surface area contributed by atoms with Crippen LogP contribution in [0.2, 0.25) is 0 Å². The maximum absolute atomic E-state index is 9.79. The molecular weight excluding hydrogens is 322 g/mol. The molecule has 0 saturated carbocycles. The molecule has 0 fully saturated rings. The minimum atomic E-state index is -0.00307. The summed E-state index contributed by atoms with van der Waals surface area (Å²) < 4.78 is 0. The standard InChI is InChI=1S/C22H29N3O/c1-16(15-26)25(13-17-9-6-5-7-10-17)14-19-18-11-8-12-23-21(18)24-20(19)22(2,3)4/h5-12,16,26H,13-15H2,1-4H3,(H,23,24). The molecule has 138 valence electrons. The number of aliphatic hydroxyl groups excluding tert-OH is 1. The second-order valence-corrected chi connectivity index (χ2v) is 8.05. The van der Waals surface area contributed by atoms with Crippen molar-refractivity contribution in [2.75, 3.05) is 6.61 Å². The van der Waals surface area contributed by atoms with Crippen LogP contribution in [0, 0.1) is 0 Å². The van der Waals surface area contributed by atoms with Gasteiger partial charge in [-0.2, -0.15) is 0 Å². The summed E-state index contributed by atoms with van der Waals surface area (Å²) in [6.45, 7) is 10.5. The first-order chi connectivity index (χ1) is 12.4. The zero-order chi connectivity index (χ0) is 18.7. The van der Waals surface area contributed by atoms with Crippen LogP contribution >= 0.6 is 0 Å². The van der Waals surface area contributed by atoms with E-state index < -0.39 is 0 Å². The van der Waals surface area contributed by atoms with Gasteiger partial charge in [-0.05, 0) is 30.2 Å². The van der Waals surface area contributed by atoms with E-state index in [1.807, 2.05) is 18.3 Å². The topological polar surface area (TPSA) is 52.1 Å². The Bertz CT molecular complexity index is 849. The number of H-pyrrole nitrogens is 1. The van der Waals surface area contributed by atoms with E-state index in [9.17, 15) is 5.11 Å². The highest BCUT2D eigenvalue weighted by atomic mass is 16.3. The van der Waals surface area contributed by atoms with Crippen molar-refractivity contribution in [3.8, 4) is 0 Å². The number of hydrogen-bond acceptors (Lipinski definition) is 3. The molecule has 0 aliphatic heterocycles. The van der Waals surface area contributed by atoms with Crippen molar-refractivity contribution >= 4 is 11.0 Å². The average molecular weight is 351 g/mol. The molecular formula is C22H29N3O. The molecule has 3 aromatic rings. The summed E-state index contributed by atoms with van der Waals surface area (Å²) in [7, 11) is 0. The third-order valence-electron chi connectivity index (χ3n) is 4.91. The summed E-state index contributed by atoms with van der Waals surface area (Å²) in [5, 5.41) is 11.0. The van der Waals surface area contributed by atoms with Crippen molar-refractivity contribution in [3.05, 3.63) is 65.5 Å². The first kappa shape index (κ1) is 18.6. The van der Waals surface area contributed by atoms with Gasteiger partial charge in [-0.15, -0.1) is 0 Å². The number of benzene rings is 1. The van der Waals surface area contributed by atoms with Gasteiger partial charge >= 0.3 is 0 Å². The fraction of sp³-hybridized carbons (Fsp3) is 0.409. The predicted octanol–water partition coefficient (Wildman–Crippen LogP) is 4.24. The van der Waals surface area contributed by atoms with Gasteiger partial charge in [0.1, 0.15) is 5.65 Å². The number of nitrogens with one attached hydrogen (secondary N) is 1. The van der Waals surface area contributed by atoms with Crippen LogP contribution in [0.5, 0.6) is 0 Å². The zero-order valence-electron chi connectivity index (χ0n) is 16.2. The van der Waals surface area contributed by atoms with E-state index in [0.717, 1.165) is 18.7 Å². The van der Waals surface area contributed by atoms with Gasteiger partial charge in [-0.1, -0.05) is 51.1 Å². The van der Waals surface area contributed by atoms with Crippen LogP contribution in [0.25, 0.3) is 11.0 Å². The van der Waals surface area contributed by atoms with Crippen molar-refractivity contribution in [2.24, 2.45) is 0 Å². The van der Waals surface area contributed by atoms with Crippen molar-refractivity contribution in [1.29, 1.82) is 0 Å². The normalized spacial score (nSPS) is 13.5. The zero-order valence-corrected chi connectivity index (χ0v) is 16.2. The molecule has 0 saturated heterocycles. The Morgan fingerprint density at radius 1 is 1.08 bits per heavy atom. The van der Waals surface area contributed by atoms with E-state index in [2.05, 4.69) is 72.9 Å². The average Bonchev–Trinajstić information content (AvgIpc) is 3.00. The molecule has 1 atom stereocenters. The van der Waals surface area contributed by atoms with E-state index in [0.29, 0.717) is 0 Å². The number of nitrogens with zero attached hydrogens (tertiary/aromatic N) is 2. The minimum Gasteiger partial charge on any atom is -0.395 e. The van der Waals surface area contributed by atoms with Gasteiger partial charge in [-0.3, -0.25) is 4.90 Å². The van der Waals surface area contributed by atoms with E-state index in [-0.39, 0.29) is 18.1 Å². The van der Waals surface area contributed by atoms with Gasteiger partial charge in [0.2, 0.25) is 0 Å². The number of aromatic nitrogens is 2. The Morgan fingerprint density at radius 2 is 1.81 bits per heavy atom. The third kappa shape index (κ3) is 3.97. The maximum Gasteiger partial charge on any atom is 0.137 e. The second kappa shape index (κ2) is 7.60. The first-order valence-corrected chi connectivity index (χ1v) is 9.25. The van der Waals surface area contributed by atoms with Crippen molar-refractivity contribution < 1.29 is 5.11 Å². The third-order valence-corrected chi connectivity index (χ3v) is 4.91. The predicted molar refractivity (Wildman–Crippen MR) is 107 cm³/mol. The Balaban J connectivity index is 2.00. The van der Waals surface area contributed by atoms with Gasteiger partial charge in [0.15, 0.2) is 0 Å². The molecule has 0 radical (unpaired) electrons. The van der Waals surface area contributed by atoms with Gasteiger partial charge < -0.3 is 10.1 Å². The lowest BCUT2D eigenvalue weighted by molar-refractivity contribution is 0.121. The van der Waals surface area contributed by atoms with Gasteiger partial charge in [0.05, 0.1) is 6.61 Å². The minimum absolute atomic E-state index is 0.00307. The Hall–Kier alpha value is -2.17. The molecule has 0 spiro atoms. The number of rotatable bonds is 6. The molecule has 26 heavy (non-hydrogen) atoms. The van der Waals surface area contributed by atoms with E-state index >= 15 is 0 Å². The summed E-state index contributed by atoms with van der Waals surface area (Å²) in [4.78, 5) is 10.4. The van der Waals surface area contributed by atoms with Crippen LogP contribution in [0.3, 0.4) is 0 Å². The Kier molecular flexibility index (Phi) is 5.44. The molecule has 2 aromatic heterocycles. The maximum atomic E-state index is 9.79. The Labute approximate surface area is 155 Å². The summed E-state index contributed by atoms with van der Waals surface area (Å²) in [5.74, 6) is 0. The van der Waals surface area contributed by atoms with Crippen LogP contribution in [0.15, 0.2) is 48.7 Å². The van der Waals surface area contributed by atoms with Gasteiger partial charge in [-0.25, -0.2) is 4.98 Å². The fourth-order valence-electron chi connectivity index (χ4n) is 3.39. The van der Waals surface area contributed by atoms with Crippen LogP contribution in [0.1, 0.15) is 44.5 Å². The molecule has 4 heteroatoms. The lowest BCUT2D eigenvalue weighted by Crippen LogP contribution is -2.35. The molecule has 2 N–H and O–H groups in total. The fourth-order valence-corrected chi connectivity index (χ4v) is 3.39. The Morgan fingerprint density at radius 3 is 2.46 bits per heavy atom. The monoisotopic (exact) mass is 351 g/mol. The molecule has 1 aromatic carbocycles.